The van der Waals surface area contributed by atoms with Crippen LogP contribution in [0.3, 0.4) is 0 Å². The number of hydrogen-bond acceptors (Lipinski definition) is 7. The molecular weight excluding hydrogens is 296 g/mol. The number of piperidine rings is 1. The van der Waals surface area contributed by atoms with E-state index in [1.165, 1.54) is 0 Å². The van der Waals surface area contributed by atoms with E-state index >= 15 is 0 Å². The highest BCUT2D eigenvalue weighted by Crippen LogP contribution is 2.32. The number of anilines is 2. The van der Waals surface area contributed by atoms with Crippen LogP contribution >= 0.6 is 0 Å². The highest BCUT2D eigenvalue weighted by Gasteiger charge is 2.40. The molecule has 2 aliphatic heterocycles. The second-order valence-electron chi connectivity index (χ2n) is 6.06. The SMILES string of the molecule is COCCCNc1nc(C)cc(N2CCC3(CC2)OCCO3)n1. The molecule has 0 bridgehead atoms. The third kappa shape index (κ3) is 4.10. The zero-order valence-corrected chi connectivity index (χ0v) is 14.0. The van der Waals surface area contributed by atoms with Gasteiger partial charge in [-0.15, -0.1) is 0 Å². The summed E-state index contributed by atoms with van der Waals surface area (Å²) in [4.78, 5) is 11.4. The van der Waals surface area contributed by atoms with Crippen molar-refractivity contribution in [1.29, 1.82) is 0 Å². The van der Waals surface area contributed by atoms with Crippen LogP contribution in [0.15, 0.2) is 6.07 Å². The molecule has 3 rings (SSSR count). The van der Waals surface area contributed by atoms with Crippen molar-refractivity contribution in [2.24, 2.45) is 0 Å². The van der Waals surface area contributed by atoms with Crippen LogP contribution in [0.4, 0.5) is 11.8 Å². The van der Waals surface area contributed by atoms with E-state index in [2.05, 4.69) is 20.2 Å². The van der Waals surface area contributed by atoms with E-state index in [0.717, 1.165) is 57.0 Å². The fraction of sp³-hybridized carbons (Fsp3) is 0.750. The lowest BCUT2D eigenvalue weighted by Gasteiger charge is -2.38. The summed E-state index contributed by atoms with van der Waals surface area (Å²) in [6.45, 7) is 6.74. The van der Waals surface area contributed by atoms with Crippen LogP contribution in [-0.4, -0.2) is 62.3 Å². The van der Waals surface area contributed by atoms with Gasteiger partial charge in [0.15, 0.2) is 5.79 Å². The fourth-order valence-corrected chi connectivity index (χ4v) is 3.07. The minimum Gasteiger partial charge on any atom is -0.385 e. The van der Waals surface area contributed by atoms with Gasteiger partial charge in [0.05, 0.1) is 13.2 Å². The van der Waals surface area contributed by atoms with E-state index in [9.17, 15) is 0 Å². The molecule has 3 heterocycles. The number of aromatic nitrogens is 2. The predicted molar refractivity (Wildman–Crippen MR) is 87.8 cm³/mol. The second-order valence-corrected chi connectivity index (χ2v) is 6.06. The molecule has 0 amide bonds. The van der Waals surface area contributed by atoms with E-state index in [1.54, 1.807) is 7.11 Å². The number of nitrogens with one attached hydrogen (secondary N) is 1. The third-order valence-electron chi connectivity index (χ3n) is 4.31. The van der Waals surface area contributed by atoms with Crippen molar-refractivity contribution in [3.05, 3.63) is 11.8 Å². The van der Waals surface area contributed by atoms with Gasteiger partial charge in [-0.2, -0.15) is 4.98 Å². The van der Waals surface area contributed by atoms with Crippen molar-refractivity contribution in [2.75, 3.05) is 56.8 Å². The molecule has 0 atom stereocenters. The van der Waals surface area contributed by atoms with Gasteiger partial charge >= 0.3 is 0 Å². The molecule has 1 aromatic heterocycles. The van der Waals surface area contributed by atoms with Crippen molar-refractivity contribution >= 4 is 11.8 Å². The highest BCUT2D eigenvalue weighted by molar-refractivity contribution is 5.45. The quantitative estimate of drug-likeness (QED) is 0.797. The molecule has 0 unspecified atom stereocenters. The summed E-state index contributed by atoms with van der Waals surface area (Å²) in [7, 11) is 1.71. The molecule has 7 nitrogen and oxygen atoms in total. The Morgan fingerprint density at radius 2 is 2.00 bits per heavy atom. The summed E-state index contributed by atoms with van der Waals surface area (Å²) in [6.07, 6.45) is 2.70. The van der Waals surface area contributed by atoms with Crippen LogP contribution in [0.25, 0.3) is 0 Å². The topological polar surface area (TPSA) is 68.7 Å². The fourth-order valence-electron chi connectivity index (χ4n) is 3.07. The smallest absolute Gasteiger partial charge is 0.224 e. The van der Waals surface area contributed by atoms with Crippen molar-refractivity contribution in [2.45, 2.75) is 32.0 Å². The number of aryl methyl sites for hydroxylation is 1. The minimum atomic E-state index is -0.347. The average Bonchev–Trinajstić information content (AvgIpc) is 3.00. The van der Waals surface area contributed by atoms with Gasteiger partial charge in [0, 0.05) is 58.0 Å². The summed E-state index contributed by atoms with van der Waals surface area (Å²) in [6, 6.07) is 2.04. The molecule has 2 fully saturated rings. The maximum Gasteiger partial charge on any atom is 0.224 e. The van der Waals surface area contributed by atoms with E-state index in [-0.39, 0.29) is 5.79 Å². The van der Waals surface area contributed by atoms with Crippen LogP contribution in [0, 0.1) is 6.92 Å². The Balaban J connectivity index is 1.60. The monoisotopic (exact) mass is 322 g/mol. The third-order valence-corrected chi connectivity index (χ3v) is 4.31. The molecule has 2 saturated heterocycles. The van der Waals surface area contributed by atoms with Crippen LogP contribution in [0.2, 0.25) is 0 Å². The number of rotatable bonds is 6. The van der Waals surface area contributed by atoms with Crippen molar-refractivity contribution in [3.8, 4) is 0 Å². The first-order valence-electron chi connectivity index (χ1n) is 8.32. The zero-order chi connectivity index (χ0) is 16.1. The van der Waals surface area contributed by atoms with Gasteiger partial charge in [0.1, 0.15) is 5.82 Å². The largest absolute Gasteiger partial charge is 0.385 e. The lowest BCUT2D eigenvalue weighted by Crippen LogP contribution is -2.45. The summed E-state index contributed by atoms with van der Waals surface area (Å²) in [5.41, 5.74) is 0.970. The molecule has 0 aliphatic carbocycles. The van der Waals surface area contributed by atoms with E-state index in [0.29, 0.717) is 19.2 Å². The van der Waals surface area contributed by atoms with Crippen molar-refractivity contribution in [1.82, 2.24) is 9.97 Å². The molecular formula is C16H26N4O3. The Kier molecular flexibility index (Phi) is 5.30. The maximum atomic E-state index is 5.78. The molecule has 128 valence electrons. The van der Waals surface area contributed by atoms with Crippen molar-refractivity contribution < 1.29 is 14.2 Å². The Morgan fingerprint density at radius 1 is 1.26 bits per heavy atom. The molecule has 1 aromatic rings. The van der Waals surface area contributed by atoms with Crippen LogP contribution in [0.1, 0.15) is 25.0 Å². The standard InChI is InChI=1S/C16H26N4O3/c1-13-12-14(19-15(18-13)17-6-3-9-21-2)20-7-4-16(5-8-20)22-10-11-23-16/h12H,3-11H2,1-2H3,(H,17,18,19). The number of hydrogen-bond donors (Lipinski definition) is 1. The normalized spacial score (nSPS) is 20.2. The van der Waals surface area contributed by atoms with Gasteiger partial charge in [-0.1, -0.05) is 0 Å². The molecule has 2 aliphatic rings. The molecule has 0 saturated carbocycles. The number of nitrogens with zero attached hydrogens (tertiary/aromatic N) is 3. The van der Waals surface area contributed by atoms with Crippen LogP contribution in [-0.2, 0) is 14.2 Å². The Morgan fingerprint density at radius 3 is 2.70 bits per heavy atom. The van der Waals surface area contributed by atoms with Gasteiger partial charge in [0.2, 0.25) is 5.95 Å². The Bertz CT molecular complexity index is 510. The van der Waals surface area contributed by atoms with Gasteiger partial charge in [0.25, 0.3) is 0 Å². The molecule has 1 spiro atoms. The minimum absolute atomic E-state index is 0.347. The first kappa shape index (κ1) is 16.4. The Labute approximate surface area is 137 Å². The summed E-state index contributed by atoms with van der Waals surface area (Å²) < 4.78 is 16.6. The second kappa shape index (κ2) is 7.42. The summed E-state index contributed by atoms with van der Waals surface area (Å²) in [5, 5.41) is 3.27. The molecule has 7 heteroatoms. The lowest BCUT2D eigenvalue weighted by atomic mass is 10.0. The molecule has 0 radical (unpaired) electrons. The van der Waals surface area contributed by atoms with Gasteiger partial charge in [-0.25, -0.2) is 4.98 Å². The first-order chi connectivity index (χ1) is 11.2. The van der Waals surface area contributed by atoms with E-state index in [1.807, 2.05) is 13.0 Å². The molecule has 0 aromatic carbocycles. The van der Waals surface area contributed by atoms with Crippen LogP contribution < -0.4 is 10.2 Å². The summed E-state index contributed by atoms with van der Waals surface area (Å²) >= 11 is 0. The van der Waals surface area contributed by atoms with Crippen molar-refractivity contribution in [3.63, 3.8) is 0 Å². The zero-order valence-electron chi connectivity index (χ0n) is 14.0. The van der Waals surface area contributed by atoms with Gasteiger partial charge in [-0.3, -0.25) is 0 Å². The first-order valence-corrected chi connectivity index (χ1v) is 8.32. The van der Waals surface area contributed by atoms with E-state index < -0.39 is 0 Å². The number of methoxy groups -OCH3 is 1. The molecule has 23 heavy (non-hydrogen) atoms. The molecule has 1 N–H and O–H groups in total. The maximum absolute atomic E-state index is 5.78. The van der Waals surface area contributed by atoms with Crippen LogP contribution in [0.5, 0.6) is 0 Å². The lowest BCUT2D eigenvalue weighted by molar-refractivity contribution is -0.169. The highest BCUT2D eigenvalue weighted by atomic mass is 16.7. The van der Waals surface area contributed by atoms with E-state index in [4.69, 9.17) is 14.2 Å². The predicted octanol–water partition coefficient (Wildman–Crippen LogP) is 1.58. The van der Waals surface area contributed by atoms with Gasteiger partial charge < -0.3 is 24.4 Å². The van der Waals surface area contributed by atoms with Gasteiger partial charge in [-0.05, 0) is 13.3 Å². The Hall–Kier alpha value is -1.44. The average molecular weight is 322 g/mol. The summed E-state index contributed by atoms with van der Waals surface area (Å²) in [5.74, 6) is 1.31. The number of ether oxygens (including phenoxy) is 3.